The lowest BCUT2D eigenvalue weighted by Gasteiger charge is -2.41. The molecule has 9 nitrogen and oxygen atoms in total. The summed E-state index contributed by atoms with van der Waals surface area (Å²) < 4.78 is 20.1. The molecule has 45 heavy (non-hydrogen) atoms. The first kappa shape index (κ1) is 30.7. The predicted octanol–water partition coefficient (Wildman–Crippen LogP) is 5.95. The number of rotatable bonds is 8. The first-order valence-corrected chi connectivity index (χ1v) is 15.7. The van der Waals surface area contributed by atoms with Crippen LogP contribution >= 0.6 is 11.6 Å². The summed E-state index contributed by atoms with van der Waals surface area (Å²) in [5.41, 5.74) is 4.14. The smallest absolute Gasteiger partial charge is 0.319 e. The lowest BCUT2D eigenvalue weighted by atomic mass is 9.94. The number of likely N-dealkylation sites (N-methyl/N-ethyl adjacent to an activating group) is 1. The van der Waals surface area contributed by atoms with Crippen LogP contribution in [-0.2, 0) is 11.2 Å². The number of fused-ring (bicyclic) bond motifs is 2. The van der Waals surface area contributed by atoms with Crippen molar-refractivity contribution >= 4 is 45.1 Å². The third kappa shape index (κ3) is 5.90. The number of nitriles is 1. The van der Waals surface area contributed by atoms with Gasteiger partial charge in [0.2, 0.25) is 0 Å². The highest BCUT2D eigenvalue weighted by Gasteiger charge is 2.34. The van der Waals surface area contributed by atoms with E-state index >= 15 is 0 Å². The zero-order valence-corrected chi connectivity index (χ0v) is 26.2. The topological polar surface area (TPSA) is 98.5 Å². The number of piperazine rings is 1. The second kappa shape index (κ2) is 13.0. The van der Waals surface area contributed by atoms with Crippen LogP contribution in [0.15, 0.2) is 55.0 Å². The molecular formula is C34H35ClFN7O2. The Kier molecular flexibility index (Phi) is 8.83. The molecule has 2 saturated heterocycles. The summed E-state index contributed by atoms with van der Waals surface area (Å²) in [5.74, 6) is -1.28. The average molecular weight is 628 g/mol. The number of aryl methyl sites for hydroxylation is 1. The quantitative estimate of drug-likeness (QED) is 0.221. The predicted molar refractivity (Wildman–Crippen MR) is 174 cm³/mol. The highest BCUT2D eigenvalue weighted by Crippen LogP contribution is 2.39. The number of halogens is 2. The first-order chi connectivity index (χ1) is 21.8. The molecule has 6 rings (SSSR count). The second-order valence-corrected chi connectivity index (χ2v) is 12.0. The number of ether oxygens (including phenoxy) is 1. The Bertz CT molecular complexity index is 1820. The molecule has 4 aromatic rings. The molecule has 2 aliphatic rings. The van der Waals surface area contributed by atoms with E-state index in [1.807, 2.05) is 47.5 Å². The van der Waals surface area contributed by atoms with Crippen LogP contribution in [0.3, 0.4) is 0 Å². The number of pyridine rings is 1. The summed E-state index contributed by atoms with van der Waals surface area (Å²) in [6.45, 7) is 7.57. The van der Waals surface area contributed by atoms with Crippen molar-refractivity contribution in [1.29, 1.82) is 5.26 Å². The number of hydrogen-bond donors (Lipinski definition) is 0. The van der Waals surface area contributed by atoms with Crippen LogP contribution in [0.25, 0.3) is 32.9 Å². The number of anilines is 1. The molecule has 2 atom stereocenters. The number of aromatic nitrogens is 3. The van der Waals surface area contributed by atoms with E-state index < -0.39 is 17.8 Å². The number of carbonyl (C=O) groups excluding carboxylic acids is 1. The van der Waals surface area contributed by atoms with Gasteiger partial charge in [0.25, 0.3) is 5.91 Å². The van der Waals surface area contributed by atoms with Crippen molar-refractivity contribution < 1.29 is 13.9 Å². The largest absolute Gasteiger partial charge is 0.462 e. The first-order valence-electron chi connectivity index (χ1n) is 15.3. The zero-order chi connectivity index (χ0) is 31.7. The van der Waals surface area contributed by atoms with Crippen LogP contribution in [0.1, 0.15) is 31.7 Å². The molecule has 2 aromatic carbocycles. The normalized spacial score (nSPS) is 18.8. The molecule has 0 radical (unpaired) electrons. The molecule has 0 N–H and O–H groups in total. The molecule has 0 aliphatic carbocycles. The van der Waals surface area contributed by atoms with Gasteiger partial charge in [-0.2, -0.15) is 15.2 Å². The van der Waals surface area contributed by atoms with E-state index in [-0.39, 0.29) is 31.6 Å². The van der Waals surface area contributed by atoms with Crippen molar-refractivity contribution in [3.8, 4) is 23.2 Å². The van der Waals surface area contributed by atoms with Gasteiger partial charge in [-0.3, -0.25) is 9.78 Å². The third-order valence-corrected chi connectivity index (χ3v) is 9.27. The van der Waals surface area contributed by atoms with Crippen LogP contribution in [-0.4, -0.2) is 82.6 Å². The number of likely N-dealkylation sites (tertiary alicyclic amines) is 1. The van der Waals surface area contributed by atoms with Gasteiger partial charge in [0.15, 0.2) is 11.6 Å². The minimum Gasteiger partial charge on any atom is -0.462 e. The summed E-state index contributed by atoms with van der Waals surface area (Å²) in [6.07, 6.45) is 4.70. The maximum Gasteiger partial charge on any atom is 0.319 e. The van der Waals surface area contributed by atoms with Crippen molar-refractivity contribution in [2.45, 2.75) is 44.7 Å². The van der Waals surface area contributed by atoms with E-state index in [1.54, 1.807) is 0 Å². The zero-order valence-electron chi connectivity index (χ0n) is 25.5. The van der Waals surface area contributed by atoms with E-state index in [0.29, 0.717) is 41.4 Å². The van der Waals surface area contributed by atoms with Crippen LogP contribution in [0.4, 0.5) is 10.2 Å². The molecule has 2 aliphatic heterocycles. The molecule has 4 heterocycles. The van der Waals surface area contributed by atoms with Gasteiger partial charge in [-0.25, -0.2) is 4.39 Å². The Morgan fingerprint density at radius 3 is 2.64 bits per heavy atom. The van der Waals surface area contributed by atoms with Crippen molar-refractivity contribution in [3.05, 3.63) is 65.6 Å². The van der Waals surface area contributed by atoms with Gasteiger partial charge in [-0.05, 0) is 55.4 Å². The molecule has 0 saturated carbocycles. The van der Waals surface area contributed by atoms with Gasteiger partial charge < -0.3 is 19.4 Å². The van der Waals surface area contributed by atoms with Crippen molar-refractivity contribution in [3.63, 3.8) is 0 Å². The standard InChI is InChI=1S/C34H35ClFN7O2/c1-4-25-27(26-11-5-8-22-9-6-12-28(35)29(22)26)18-38-31-30(25)39-34(45-20-24-10-7-15-41(24)3)40-32(31)42-16-17-43(33(44)21(2)36)23(19-42)13-14-37/h5-6,8-9,11-12,18,23-24H,2,4,7,10,13,15-17,19-20H2,1,3H3/t23-,24?/m0/s1. The molecular weight excluding hydrogens is 593 g/mol. The summed E-state index contributed by atoms with van der Waals surface area (Å²) in [4.78, 5) is 33.0. The maximum absolute atomic E-state index is 13.9. The Balaban J connectivity index is 1.48. The highest BCUT2D eigenvalue weighted by atomic mass is 35.5. The van der Waals surface area contributed by atoms with Crippen molar-refractivity contribution in [1.82, 2.24) is 24.8 Å². The molecule has 1 unspecified atom stereocenters. The summed E-state index contributed by atoms with van der Waals surface area (Å²) in [5, 5.41) is 12.2. The Hall–Kier alpha value is -4.33. The number of amides is 1. The second-order valence-electron chi connectivity index (χ2n) is 11.6. The van der Waals surface area contributed by atoms with E-state index in [1.165, 1.54) is 4.90 Å². The van der Waals surface area contributed by atoms with Crippen molar-refractivity contribution in [2.24, 2.45) is 0 Å². The molecule has 232 valence electrons. The molecule has 1 amide bonds. The fraction of sp³-hybridized carbons (Fsp3) is 0.382. The maximum atomic E-state index is 13.9. The number of benzene rings is 2. The van der Waals surface area contributed by atoms with E-state index in [2.05, 4.69) is 31.5 Å². The lowest BCUT2D eigenvalue weighted by molar-refractivity contribution is -0.131. The van der Waals surface area contributed by atoms with E-state index in [4.69, 9.17) is 31.3 Å². The molecule has 0 spiro atoms. The fourth-order valence-corrected chi connectivity index (χ4v) is 6.88. The van der Waals surface area contributed by atoms with Crippen LogP contribution < -0.4 is 9.64 Å². The minimum absolute atomic E-state index is 0.0372. The van der Waals surface area contributed by atoms with Gasteiger partial charge in [0.05, 0.1) is 18.5 Å². The van der Waals surface area contributed by atoms with E-state index in [0.717, 1.165) is 46.8 Å². The molecule has 2 fully saturated rings. The minimum atomic E-state index is -1.04. The molecule has 11 heteroatoms. The fourth-order valence-electron chi connectivity index (χ4n) is 6.59. The Morgan fingerprint density at radius 2 is 1.93 bits per heavy atom. The lowest BCUT2D eigenvalue weighted by Crippen LogP contribution is -2.55. The molecule has 0 bridgehead atoms. The van der Waals surface area contributed by atoms with Gasteiger partial charge in [0.1, 0.15) is 17.6 Å². The monoisotopic (exact) mass is 627 g/mol. The van der Waals surface area contributed by atoms with Crippen molar-refractivity contribution in [2.75, 3.05) is 44.7 Å². The number of hydrogen-bond acceptors (Lipinski definition) is 8. The summed E-state index contributed by atoms with van der Waals surface area (Å²) in [7, 11) is 2.09. The Labute approximate surface area is 266 Å². The van der Waals surface area contributed by atoms with Crippen LogP contribution in [0.2, 0.25) is 5.02 Å². The van der Waals surface area contributed by atoms with Gasteiger partial charge in [0, 0.05) is 47.8 Å². The van der Waals surface area contributed by atoms with E-state index in [9.17, 15) is 14.4 Å². The summed E-state index contributed by atoms with van der Waals surface area (Å²) >= 11 is 6.73. The number of nitrogens with zero attached hydrogens (tertiary/aromatic N) is 7. The van der Waals surface area contributed by atoms with Gasteiger partial charge in [-0.1, -0.05) is 55.4 Å². The van der Waals surface area contributed by atoms with Gasteiger partial charge >= 0.3 is 6.01 Å². The van der Waals surface area contributed by atoms with Gasteiger partial charge in [-0.15, -0.1) is 0 Å². The summed E-state index contributed by atoms with van der Waals surface area (Å²) in [6, 6.07) is 14.1. The molecule has 2 aromatic heterocycles. The van der Waals surface area contributed by atoms with Crippen LogP contribution in [0, 0.1) is 11.3 Å². The highest BCUT2D eigenvalue weighted by molar-refractivity contribution is 6.36. The van der Waals surface area contributed by atoms with Crippen LogP contribution in [0.5, 0.6) is 6.01 Å². The number of carbonyl (C=O) groups is 1. The third-order valence-electron chi connectivity index (χ3n) is 8.95. The Morgan fingerprint density at radius 1 is 1.13 bits per heavy atom. The average Bonchev–Trinajstić information content (AvgIpc) is 3.46. The SMILES string of the molecule is C=C(F)C(=O)N1CCN(c2nc(OCC3CCCN3C)nc3c(CC)c(-c4cccc5cccc(Cl)c45)cnc23)C[C@@H]1CC#N.